The number of hydrogen-bond acceptors (Lipinski definition) is 4. The van der Waals surface area contributed by atoms with E-state index >= 15 is 0 Å². The van der Waals surface area contributed by atoms with Crippen LogP contribution in [0.25, 0.3) is 0 Å². The predicted octanol–water partition coefficient (Wildman–Crippen LogP) is 1.05. The van der Waals surface area contributed by atoms with E-state index in [1.165, 1.54) is 24.6 Å². The molecule has 1 amide bonds. The third-order valence-corrected chi connectivity index (χ3v) is 5.08. The molecule has 23 heavy (non-hydrogen) atoms. The van der Waals surface area contributed by atoms with Crippen molar-refractivity contribution in [1.29, 1.82) is 0 Å². The van der Waals surface area contributed by atoms with Crippen molar-refractivity contribution in [3.63, 3.8) is 0 Å². The third kappa shape index (κ3) is 3.20. The monoisotopic (exact) mass is 322 g/mol. The summed E-state index contributed by atoms with van der Waals surface area (Å²) >= 11 is 0. The molecule has 2 aliphatic rings. The van der Waals surface area contributed by atoms with Gasteiger partial charge in [-0.05, 0) is 25.7 Å². The number of methoxy groups -OCH3 is 1. The lowest BCUT2D eigenvalue weighted by Crippen LogP contribution is -2.41. The summed E-state index contributed by atoms with van der Waals surface area (Å²) in [5.74, 6) is 1.02. The molecule has 0 spiro atoms. The van der Waals surface area contributed by atoms with E-state index in [2.05, 4.69) is 5.10 Å². The first kappa shape index (κ1) is 16.2. The number of piperidine rings is 1. The smallest absolute Gasteiger partial charge is 0.345 e. The molecule has 3 rings (SSSR count). The van der Waals surface area contributed by atoms with E-state index in [0.29, 0.717) is 6.54 Å². The molecular weight excluding hydrogens is 296 g/mol. The van der Waals surface area contributed by atoms with Crippen molar-refractivity contribution in [2.24, 2.45) is 7.05 Å². The molecule has 1 aromatic heterocycles. The Bertz CT molecular complexity index is 615. The summed E-state index contributed by atoms with van der Waals surface area (Å²) in [5, 5.41) is 4.52. The average molecular weight is 322 g/mol. The van der Waals surface area contributed by atoms with Crippen LogP contribution in [0.1, 0.15) is 56.3 Å². The van der Waals surface area contributed by atoms with Crippen molar-refractivity contribution in [2.45, 2.75) is 50.5 Å². The molecule has 7 nitrogen and oxygen atoms in total. The van der Waals surface area contributed by atoms with E-state index in [4.69, 9.17) is 4.74 Å². The Labute approximate surface area is 136 Å². The Kier molecular flexibility index (Phi) is 4.84. The molecule has 1 aromatic rings. The number of carbonyl (C=O) groups excluding carboxylic acids is 1. The van der Waals surface area contributed by atoms with Crippen molar-refractivity contribution < 1.29 is 9.53 Å². The van der Waals surface area contributed by atoms with Crippen LogP contribution in [0, 0.1) is 0 Å². The number of carbonyl (C=O) groups is 1. The Morgan fingerprint density at radius 1 is 1.26 bits per heavy atom. The summed E-state index contributed by atoms with van der Waals surface area (Å²) in [6, 6.07) is 0.274. The number of aryl methyl sites for hydroxylation is 1. The van der Waals surface area contributed by atoms with Gasteiger partial charge in [0.25, 0.3) is 0 Å². The molecule has 7 heteroatoms. The van der Waals surface area contributed by atoms with Crippen molar-refractivity contribution in [3.8, 4) is 0 Å². The third-order valence-electron chi connectivity index (χ3n) is 5.08. The van der Waals surface area contributed by atoms with Crippen molar-refractivity contribution in [2.75, 3.05) is 26.8 Å². The fraction of sp³-hybridized carbons (Fsp3) is 0.812. The average Bonchev–Trinajstić information content (AvgIpc) is 3.17. The van der Waals surface area contributed by atoms with Gasteiger partial charge >= 0.3 is 5.69 Å². The highest BCUT2D eigenvalue weighted by molar-refractivity contribution is 5.77. The highest BCUT2D eigenvalue weighted by Crippen LogP contribution is 2.33. The summed E-state index contributed by atoms with van der Waals surface area (Å²) in [7, 11) is 3.25. The van der Waals surface area contributed by atoms with Crippen LogP contribution < -0.4 is 5.69 Å². The fourth-order valence-corrected chi connectivity index (χ4v) is 3.91. The van der Waals surface area contributed by atoms with Crippen LogP contribution in [-0.4, -0.2) is 52.0 Å². The molecule has 1 saturated carbocycles. The van der Waals surface area contributed by atoms with Crippen LogP contribution >= 0.6 is 0 Å². The van der Waals surface area contributed by atoms with E-state index in [1.807, 2.05) is 9.47 Å². The number of ether oxygens (including phenoxy) is 1. The maximum absolute atomic E-state index is 12.5. The van der Waals surface area contributed by atoms with E-state index < -0.39 is 0 Å². The van der Waals surface area contributed by atoms with Gasteiger partial charge in [0, 0.05) is 39.2 Å². The number of aromatic nitrogens is 3. The van der Waals surface area contributed by atoms with Gasteiger partial charge in [0.1, 0.15) is 12.4 Å². The molecule has 0 N–H and O–H groups in total. The number of rotatable bonds is 4. The zero-order valence-electron chi connectivity index (χ0n) is 14.0. The van der Waals surface area contributed by atoms with E-state index in [-0.39, 0.29) is 30.2 Å². The molecule has 128 valence electrons. The molecule has 1 unspecified atom stereocenters. The zero-order valence-corrected chi connectivity index (χ0v) is 14.0. The molecule has 2 fully saturated rings. The summed E-state index contributed by atoms with van der Waals surface area (Å²) in [5.41, 5.74) is -0.0211. The second-order valence-corrected chi connectivity index (χ2v) is 6.68. The van der Waals surface area contributed by atoms with Gasteiger partial charge in [0.2, 0.25) is 5.91 Å². The number of nitrogens with zero attached hydrogens (tertiary/aromatic N) is 4. The zero-order chi connectivity index (χ0) is 16.4. The maximum Gasteiger partial charge on any atom is 0.345 e. The van der Waals surface area contributed by atoms with Gasteiger partial charge in [0.15, 0.2) is 0 Å². The summed E-state index contributed by atoms with van der Waals surface area (Å²) in [6.45, 7) is 1.51. The molecule has 0 aromatic carbocycles. The second-order valence-electron chi connectivity index (χ2n) is 6.68. The van der Waals surface area contributed by atoms with E-state index in [0.717, 1.165) is 38.1 Å². The van der Waals surface area contributed by atoms with Gasteiger partial charge in [-0.25, -0.2) is 9.48 Å². The minimum Gasteiger partial charge on any atom is -0.375 e. The Morgan fingerprint density at radius 2 is 2.00 bits per heavy atom. The van der Waals surface area contributed by atoms with Gasteiger partial charge in [-0.1, -0.05) is 12.8 Å². The molecule has 2 heterocycles. The maximum atomic E-state index is 12.5. The first-order valence-electron chi connectivity index (χ1n) is 8.54. The molecular formula is C16H26N4O3. The Hall–Kier alpha value is -1.63. The SMILES string of the molecule is COCC(=O)N1CCCC(c2nn(C)c(=O)n2C2CCCC2)C1. The van der Waals surface area contributed by atoms with Gasteiger partial charge in [-0.3, -0.25) is 9.36 Å². The molecule has 1 aliphatic heterocycles. The van der Waals surface area contributed by atoms with Crippen LogP contribution in [0.4, 0.5) is 0 Å². The number of amides is 1. The molecule has 1 aliphatic carbocycles. The van der Waals surface area contributed by atoms with Crippen molar-refractivity contribution >= 4 is 5.91 Å². The standard InChI is InChI=1S/C16H26N4O3/c1-18-16(22)20(13-7-3-4-8-13)15(17-18)12-6-5-9-19(10-12)14(21)11-23-2/h12-13H,3-11H2,1-2H3. The van der Waals surface area contributed by atoms with E-state index in [9.17, 15) is 9.59 Å². The highest BCUT2D eigenvalue weighted by Gasteiger charge is 2.32. The lowest BCUT2D eigenvalue weighted by Gasteiger charge is -2.32. The second kappa shape index (κ2) is 6.86. The minimum absolute atomic E-state index is 0.0166. The van der Waals surface area contributed by atoms with Crippen LogP contribution in [0.2, 0.25) is 0 Å². The van der Waals surface area contributed by atoms with Crippen LogP contribution in [0.15, 0.2) is 4.79 Å². The summed E-state index contributed by atoms with van der Waals surface area (Å²) in [4.78, 5) is 26.4. The van der Waals surface area contributed by atoms with Gasteiger partial charge in [-0.2, -0.15) is 5.10 Å². The van der Waals surface area contributed by atoms with Gasteiger partial charge in [-0.15, -0.1) is 0 Å². The molecule has 0 bridgehead atoms. The molecule has 0 radical (unpaired) electrons. The molecule has 1 atom stereocenters. The van der Waals surface area contributed by atoms with Crippen molar-refractivity contribution in [3.05, 3.63) is 16.3 Å². The summed E-state index contributed by atoms with van der Waals surface area (Å²) < 4.78 is 8.31. The first-order valence-corrected chi connectivity index (χ1v) is 8.54. The van der Waals surface area contributed by atoms with Crippen molar-refractivity contribution in [1.82, 2.24) is 19.2 Å². The first-order chi connectivity index (χ1) is 11.1. The van der Waals surface area contributed by atoms with Gasteiger partial charge < -0.3 is 9.64 Å². The Balaban J connectivity index is 1.84. The van der Waals surface area contributed by atoms with Crippen LogP contribution in [0.3, 0.4) is 0 Å². The van der Waals surface area contributed by atoms with Gasteiger partial charge in [0.05, 0.1) is 0 Å². The van der Waals surface area contributed by atoms with Crippen LogP contribution in [-0.2, 0) is 16.6 Å². The largest absolute Gasteiger partial charge is 0.375 e. The summed E-state index contributed by atoms with van der Waals surface area (Å²) in [6.07, 6.45) is 6.37. The number of likely N-dealkylation sites (tertiary alicyclic amines) is 1. The highest BCUT2D eigenvalue weighted by atomic mass is 16.5. The van der Waals surface area contributed by atoms with Crippen LogP contribution in [0.5, 0.6) is 0 Å². The normalized spacial score (nSPS) is 22.7. The lowest BCUT2D eigenvalue weighted by atomic mass is 9.96. The predicted molar refractivity (Wildman–Crippen MR) is 85.4 cm³/mol. The topological polar surface area (TPSA) is 69.4 Å². The molecule has 1 saturated heterocycles. The number of hydrogen-bond donors (Lipinski definition) is 0. The van der Waals surface area contributed by atoms with E-state index in [1.54, 1.807) is 7.05 Å². The quantitative estimate of drug-likeness (QED) is 0.831. The lowest BCUT2D eigenvalue weighted by molar-refractivity contribution is -0.136. The Morgan fingerprint density at radius 3 is 2.70 bits per heavy atom. The fourth-order valence-electron chi connectivity index (χ4n) is 3.91. The minimum atomic E-state index is -0.0211.